The topological polar surface area (TPSA) is 34.0 Å². The van der Waals surface area contributed by atoms with E-state index in [1.54, 1.807) is 11.8 Å². The smallest absolute Gasteiger partial charge is 0.260 e. The number of ether oxygens (including phenoxy) is 1. The molecule has 0 bridgehead atoms. The van der Waals surface area contributed by atoms with Crippen molar-refractivity contribution in [1.29, 1.82) is 0 Å². The molecule has 2 aromatic carbocycles. The zero-order chi connectivity index (χ0) is 17.5. The number of nitrogens with one attached hydrogen (secondary N) is 1. The number of carbonyl (C=O) groups is 1. The summed E-state index contributed by atoms with van der Waals surface area (Å²) in [5.74, 6) is 0.820. The number of amides is 1. The maximum absolute atomic E-state index is 12.3. The number of quaternary nitrogens is 1. The molecule has 0 unspecified atom stereocenters. The van der Waals surface area contributed by atoms with Gasteiger partial charge in [-0.05, 0) is 30.5 Å². The summed E-state index contributed by atoms with van der Waals surface area (Å²) in [6, 6.07) is 18.3. The summed E-state index contributed by atoms with van der Waals surface area (Å²) in [6.07, 6.45) is 2.10. The average molecular weight is 357 g/mol. The molecular formula is C20H25N2O2S+. The van der Waals surface area contributed by atoms with Gasteiger partial charge in [-0.15, -0.1) is 11.8 Å². The lowest BCUT2D eigenvalue weighted by Crippen LogP contribution is -3.13. The maximum atomic E-state index is 12.3. The molecule has 132 valence electrons. The second kappa shape index (κ2) is 8.92. The summed E-state index contributed by atoms with van der Waals surface area (Å²) in [5.41, 5.74) is 1.36. The number of thioether (sulfide) groups is 1. The fourth-order valence-corrected chi connectivity index (χ4v) is 3.44. The lowest BCUT2D eigenvalue weighted by molar-refractivity contribution is -0.917. The van der Waals surface area contributed by atoms with E-state index in [9.17, 15) is 4.79 Å². The highest BCUT2D eigenvalue weighted by Crippen LogP contribution is 2.14. The minimum absolute atomic E-state index is 0.0761. The number of hydrogen-bond donors (Lipinski definition) is 1. The molecule has 1 N–H and O–H groups in total. The summed E-state index contributed by atoms with van der Waals surface area (Å²) >= 11 is 1.77. The molecule has 2 aromatic rings. The lowest BCUT2D eigenvalue weighted by Gasteiger charge is -2.32. The highest BCUT2D eigenvalue weighted by molar-refractivity contribution is 7.98. The predicted molar refractivity (Wildman–Crippen MR) is 101 cm³/mol. The number of carbonyl (C=O) groups excluding carboxylic acids is 1. The Morgan fingerprint density at radius 2 is 1.76 bits per heavy atom. The Balaban J connectivity index is 1.42. The van der Waals surface area contributed by atoms with E-state index in [0.717, 1.165) is 38.5 Å². The molecule has 1 aliphatic rings. The molecule has 1 fully saturated rings. The van der Waals surface area contributed by atoms with E-state index in [-0.39, 0.29) is 12.5 Å². The Morgan fingerprint density at radius 1 is 1.08 bits per heavy atom. The van der Waals surface area contributed by atoms with Gasteiger partial charge in [0.1, 0.15) is 12.3 Å². The van der Waals surface area contributed by atoms with Gasteiger partial charge in [-0.2, -0.15) is 0 Å². The van der Waals surface area contributed by atoms with Gasteiger partial charge in [-0.1, -0.05) is 30.3 Å². The number of para-hydroxylation sites is 1. The zero-order valence-electron chi connectivity index (χ0n) is 14.6. The van der Waals surface area contributed by atoms with Crippen molar-refractivity contribution in [3.05, 3.63) is 60.2 Å². The number of nitrogens with zero attached hydrogens (tertiary/aromatic N) is 1. The third-order valence-electron chi connectivity index (χ3n) is 4.54. The second-order valence-electron chi connectivity index (χ2n) is 6.26. The molecular weight excluding hydrogens is 332 g/mol. The van der Waals surface area contributed by atoms with E-state index in [1.165, 1.54) is 15.4 Å². The van der Waals surface area contributed by atoms with Crippen LogP contribution in [0.2, 0.25) is 0 Å². The monoisotopic (exact) mass is 357 g/mol. The molecule has 0 saturated carbocycles. The quantitative estimate of drug-likeness (QED) is 0.800. The van der Waals surface area contributed by atoms with E-state index in [0.29, 0.717) is 0 Å². The molecule has 1 amide bonds. The summed E-state index contributed by atoms with van der Waals surface area (Å²) in [6.45, 7) is 4.72. The van der Waals surface area contributed by atoms with Crippen LogP contribution in [0.25, 0.3) is 0 Å². The van der Waals surface area contributed by atoms with Gasteiger partial charge in [0, 0.05) is 10.5 Å². The Bertz CT molecular complexity index is 668. The molecule has 0 spiro atoms. The molecule has 1 aliphatic heterocycles. The molecule has 1 saturated heterocycles. The summed E-state index contributed by atoms with van der Waals surface area (Å²) < 4.78 is 5.57. The van der Waals surface area contributed by atoms with Crippen LogP contribution in [0.3, 0.4) is 0 Å². The first-order chi connectivity index (χ1) is 12.2. The third kappa shape index (κ3) is 5.25. The van der Waals surface area contributed by atoms with Crippen LogP contribution in [0.4, 0.5) is 0 Å². The molecule has 0 aromatic heterocycles. The van der Waals surface area contributed by atoms with Crippen molar-refractivity contribution in [1.82, 2.24) is 4.90 Å². The summed E-state index contributed by atoms with van der Waals surface area (Å²) in [4.78, 5) is 17.0. The minimum atomic E-state index is 0.0761. The van der Waals surface area contributed by atoms with E-state index < -0.39 is 0 Å². The Morgan fingerprint density at radius 3 is 2.40 bits per heavy atom. The molecule has 0 aliphatic carbocycles. The zero-order valence-corrected chi connectivity index (χ0v) is 15.4. The van der Waals surface area contributed by atoms with Crippen molar-refractivity contribution in [2.75, 3.05) is 39.0 Å². The normalized spacial score (nSPS) is 15.2. The molecule has 0 radical (unpaired) electrons. The molecule has 0 atom stereocenters. The van der Waals surface area contributed by atoms with Gasteiger partial charge in [0.25, 0.3) is 5.91 Å². The first-order valence-corrected chi connectivity index (χ1v) is 9.89. The third-order valence-corrected chi connectivity index (χ3v) is 5.29. The molecule has 3 rings (SSSR count). The van der Waals surface area contributed by atoms with Crippen molar-refractivity contribution in [2.45, 2.75) is 11.4 Å². The van der Waals surface area contributed by atoms with E-state index >= 15 is 0 Å². The van der Waals surface area contributed by atoms with Crippen molar-refractivity contribution >= 4 is 17.7 Å². The largest absolute Gasteiger partial charge is 0.484 e. The Labute approximate surface area is 153 Å². The van der Waals surface area contributed by atoms with Crippen LogP contribution in [0, 0.1) is 0 Å². The van der Waals surface area contributed by atoms with Gasteiger partial charge < -0.3 is 14.5 Å². The molecule has 5 heteroatoms. The molecule has 25 heavy (non-hydrogen) atoms. The van der Waals surface area contributed by atoms with E-state index in [2.05, 4.69) is 30.5 Å². The van der Waals surface area contributed by atoms with Crippen LogP contribution < -0.4 is 9.64 Å². The fraction of sp³-hybridized carbons (Fsp3) is 0.350. The fourth-order valence-electron chi connectivity index (χ4n) is 3.03. The first-order valence-electron chi connectivity index (χ1n) is 8.67. The number of hydrogen-bond acceptors (Lipinski definition) is 3. The van der Waals surface area contributed by atoms with Gasteiger partial charge >= 0.3 is 0 Å². The Kier molecular flexibility index (Phi) is 6.36. The molecule has 4 nitrogen and oxygen atoms in total. The van der Waals surface area contributed by atoms with Gasteiger partial charge in [0.15, 0.2) is 6.61 Å². The average Bonchev–Trinajstić information content (AvgIpc) is 2.68. The lowest BCUT2D eigenvalue weighted by atomic mass is 10.2. The second-order valence-corrected chi connectivity index (χ2v) is 7.14. The SMILES string of the molecule is CSc1ccc(C[NH+]2CCN(C(=O)COc3ccccc3)CC2)cc1. The number of rotatable bonds is 6. The van der Waals surface area contributed by atoms with Gasteiger partial charge in [0.2, 0.25) is 0 Å². The van der Waals surface area contributed by atoms with Gasteiger partial charge in [-0.3, -0.25) is 4.79 Å². The minimum Gasteiger partial charge on any atom is -0.484 e. The predicted octanol–water partition coefficient (Wildman–Crippen LogP) is 1.71. The van der Waals surface area contributed by atoms with E-state index in [4.69, 9.17) is 4.74 Å². The summed E-state index contributed by atoms with van der Waals surface area (Å²) in [5, 5.41) is 0. The van der Waals surface area contributed by atoms with Crippen LogP contribution in [-0.2, 0) is 11.3 Å². The van der Waals surface area contributed by atoms with Crippen molar-refractivity contribution in [3.63, 3.8) is 0 Å². The highest BCUT2D eigenvalue weighted by Gasteiger charge is 2.23. The summed E-state index contributed by atoms with van der Waals surface area (Å²) in [7, 11) is 0. The number of piperazine rings is 1. The van der Waals surface area contributed by atoms with Crippen molar-refractivity contribution in [3.8, 4) is 5.75 Å². The van der Waals surface area contributed by atoms with Crippen LogP contribution in [0.5, 0.6) is 5.75 Å². The van der Waals surface area contributed by atoms with E-state index in [1.807, 2.05) is 35.2 Å². The number of benzene rings is 2. The van der Waals surface area contributed by atoms with Crippen molar-refractivity contribution in [2.24, 2.45) is 0 Å². The van der Waals surface area contributed by atoms with Gasteiger partial charge in [0.05, 0.1) is 26.2 Å². The van der Waals surface area contributed by atoms with Crippen LogP contribution in [-0.4, -0.2) is 49.8 Å². The van der Waals surface area contributed by atoms with Crippen LogP contribution in [0.15, 0.2) is 59.5 Å². The standard InChI is InChI=1S/C20H24N2O2S/c1-25-19-9-7-17(8-10-19)15-21-11-13-22(14-12-21)20(23)16-24-18-5-3-2-4-6-18/h2-10H,11-16H2,1H3/p+1. The van der Waals surface area contributed by atoms with Crippen LogP contribution >= 0.6 is 11.8 Å². The Hall–Kier alpha value is -1.98. The van der Waals surface area contributed by atoms with Crippen LogP contribution in [0.1, 0.15) is 5.56 Å². The highest BCUT2D eigenvalue weighted by atomic mass is 32.2. The molecule has 1 heterocycles. The van der Waals surface area contributed by atoms with Gasteiger partial charge in [-0.25, -0.2) is 0 Å². The maximum Gasteiger partial charge on any atom is 0.260 e. The first kappa shape index (κ1) is 17.8. The van der Waals surface area contributed by atoms with Crippen molar-refractivity contribution < 1.29 is 14.4 Å².